The Morgan fingerprint density at radius 1 is 0.641 bits per heavy atom. The average Bonchev–Trinajstić information content (AvgIpc) is 3.34. The van der Waals surface area contributed by atoms with Gasteiger partial charge in [0, 0.05) is 27.4 Å². The topological polar surface area (TPSA) is 65.3 Å². The summed E-state index contributed by atoms with van der Waals surface area (Å²) in [6, 6.07) is 16.8. The zero-order valence-electron chi connectivity index (χ0n) is 22.8. The Morgan fingerprint density at radius 2 is 1.10 bits per heavy atom. The van der Waals surface area contributed by atoms with Crippen LogP contribution in [0.1, 0.15) is 47.6 Å². The van der Waals surface area contributed by atoms with E-state index in [1.807, 2.05) is 77.9 Å². The summed E-state index contributed by atoms with van der Waals surface area (Å²) < 4.78 is 0. The molecular weight excluding hydrogens is 531 g/mol. The zero-order valence-corrected chi connectivity index (χ0v) is 24.3. The van der Waals surface area contributed by atoms with E-state index in [0.29, 0.717) is 38.4 Å². The average molecular weight is 562 g/mol. The smallest absolute Gasteiger partial charge is 0.256 e. The van der Waals surface area contributed by atoms with E-state index < -0.39 is 17.8 Å². The van der Waals surface area contributed by atoms with Crippen molar-refractivity contribution in [1.82, 2.24) is 0 Å². The number of hydrogen-bond acceptors (Lipinski definition) is 4. The highest BCUT2D eigenvalue weighted by atomic mass is 35.5. The maximum atomic E-state index is 14.1. The van der Waals surface area contributed by atoms with Crippen LogP contribution in [0.4, 0.5) is 11.4 Å². The number of hydrazone groups is 2. The molecule has 6 nitrogen and oxygen atoms in total. The Balaban J connectivity index is 1.60. The molecule has 0 saturated heterocycles. The van der Waals surface area contributed by atoms with Gasteiger partial charge in [0.25, 0.3) is 11.8 Å². The van der Waals surface area contributed by atoms with Gasteiger partial charge in [0.1, 0.15) is 0 Å². The van der Waals surface area contributed by atoms with Crippen LogP contribution < -0.4 is 10.0 Å². The minimum atomic E-state index is -0.718. The van der Waals surface area contributed by atoms with Gasteiger partial charge < -0.3 is 0 Å². The van der Waals surface area contributed by atoms with Crippen molar-refractivity contribution in [1.29, 1.82) is 0 Å². The highest BCUT2D eigenvalue weighted by Gasteiger charge is 2.50. The number of rotatable bonds is 5. The standard InChI is InChI=1S/C31H30Cl2N4O2/c1-16-7-10-23(13-18(16)3)36-30(38)27(20(5)34-36)29(25-12-9-22(32)15-26(25)33)28-21(6)35-37(31(28)39)24-11-8-17(2)19(4)14-24/h7-15,27-29H,1-6H3. The predicted octanol–water partition coefficient (Wildman–Crippen LogP) is 7.39. The van der Waals surface area contributed by atoms with Crippen LogP contribution in [0.15, 0.2) is 64.8 Å². The minimum Gasteiger partial charge on any atom is -0.272 e. The van der Waals surface area contributed by atoms with E-state index in [2.05, 4.69) is 10.2 Å². The van der Waals surface area contributed by atoms with Gasteiger partial charge in [-0.3, -0.25) is 9.59 Å². The quantitative estimate of drug-likeness (QED) is 0.326. The van der Waals surface area contributed by atoms with Crippen molar-refractivity contribution in [3.05, 3.63) is 92.5 Å². The lowest BCUT2D eigenvalue weighted by molar-refractivity contribution is -0.122. The first-order valence-electron chi connectivity index (χ1n) is 12.9. The van der Waals surface area contributed by atoms with Gasteiger partial charge in [0.15, 0.2) is 0 Å². The van der Waals surface area contributed by atoms with Gasteiger partial charge in [-0.2, -0.15) is 10.2 Å². The Hall–Kier alpha value is -3.48. The molecule has 2 aliphatic heterocycles. The van der Waals surface area contributed by atoms with Gasteiger partial charge in [0.05, 0.1) is 23.2 Å². The molecule has 0 fully saturated rings. The third-order valence-electron chi connectivity index (χ3n) is 7.88. The lowest BCUT2D eigenvalue weighted by atomic mass is 9.73. The Labute approximate surface area is 238 Å². The molecule has 39 heavy (non-hydrogen) atoms. The van der Waals surface area contributed by atoms with E-state index in [4.69, 9.17) is 23.2 Å². The molecular formula is C31H30Cl2N4O2. The van der Waals surface area contributed by atoms with Gasteiger partial charge in [-0.25, -0.2) is 10.0 Å². The second-order valence-electron chi connectivity index (χ2n) is 10.5. The van der Waals surface area contributed by atoms with Crippen LogP contribution >= 0.6 is 23.2 Å². The highest BCUT2D eigenvalue weighted by molar-refractivity contribution is 6.35. The van der Waals surface area contributed by atoms with Crippen molar-refractivity contribution < 1.29 is 9.59 Å². The summed E-state index contributed by atoms with van der Waals surface area (Å²) in [7, 11) is 0. The van der Waals surface area contributed by atoms with Crippen molar-refractivity contribution in [2.75, 3.05) is 10.0 Å². The van der Waals surface area contributed by atoms with Crippen LogP contribution in [0.3, 0.4) is 0 Å². The number of halogens is 2. The number of aryl methyl sites for hydroxylation is 4. The third kappa shape index (κ3) is 4.77. The first kappa shape index (κ1) is 27.1. The first-order valence-corrected chi connectivity index (χ1v) is 13.6. The molecule has 0 bridgehead atoms. The van der Waals surface area contributed by atoms with Crippen LogP contribution in [0.2, 0.25) is 10.0 Å². The van der Waals surface area contributed by atoms with Crippen LogP contribution in [0.5, 0.6) is 0 Å². The molecule has 2 unspecified atom stereocenters. The van der Waals surface area contributed by atoms with Gasteiger partial charge >= 0.3 is 0 Å². The molecule has 0 aromatic heterocycles. The number of carbonyl (C=O) groups excluding carboxylic acids is 2. The largest absolute Gasteiger partial charge is 0.272 e. The van der Waals surface area contributed by atoms with Gasteiger partial charge in [0.2, 0.25) is 0 Å². The van der Waals surface area contributed by atoms with E-state index in [1.165, 1.54) is 10.0 Å². The fourth-order valence-electron chi connectivity index (χ4n) is 5.39. The highest BCUT2D eigenvalue weighted by Crippen LogP contribution is 2.45. The van der Waals surface area contributed by atoms with E-state index >= 15 is 0 Å². The summed E-state index contributed by atoms with van der Waals surface area (Å²) in [5.41, 5.74) is 7.63. The van der Waals surface area contributed by atoms with Gasteiger partial charge in [-0.05, 0) is 106 Å². The van der Waals surface area contributed by atoms with E-state index in [0.717, 1.165) is 22.3 Å². The number of amides is 2. The summed E-state index contributed by atoms with van der Waals surface area (Å²) in [6.07, 6.45) is 0. The number of nitrogens with zero attached hydrogens (tertiary/aromatic N) is 4. The van der Waals surface area contributed by atoms with Crippen molar-refractivity contribution in [2.45, 2.75) is 47.5 Å². The third-order valence-corrected chi connectivity index (χ3v) is 8.44. The van der Waals surface area contributed by atoms with Gasteiger partial charge in [-0.15, -0.1) is 0 Å². The van der Waals surface area contributed by atoms with E-state index in [1.54, 1.807) is 18.2 Å². The summed E-state index contributed by atoms with van der Waals surface area (Å²) in [4.78, 5) is 28.2. The molecule has 3 aromatic carbocycles. The number of hydrogen-bond donors (Lipinski definition) is 0. The normalized spacial score (nSPS) is 20.0. The maximum absolute atomic E-state index is 14.1. The Bertz CT molecular complexity index is 1490. The molecule has 0 aliphatic carbocycles. The molecule has 2 aliphatic rings. The lowest BCUT2D eigenvalue weighted by Crippen LogP contribution is -2.40. The molecule has 2 amide bonds. The van der Waals surface area contributed by atoms with Crippen molar-refractivity contribution in [3.8, 4) is 0 Å². The number of benzene rings is 3. The summed E-state index contributed by atoms with van der Waals surface area (Å²) in [5, 5.41) is 13.1. The molecule has 0 radical (unpaired) electrons. The van der Waals surface area contributed by atoms with Crippen LogP contribution in [-0.2, 0) is 9.59 Å². The van der Waals surface area contributed by atoms with Crippen molar-refractivity contribution >= 4 is 57.8 Å². The van der Waals surface area contributed by atoms with Crippen molar-refractivity contribution in [3.63, 3.8) is 0 Å². The van der Waals surface area contributed by atoms with Crippen LogP contribution in [0, 0.1) is 39.5 Å². The SMILES string of the molecule is CC1=NN(c2ccc(C)c(C)c2)C(=O)C1C(c1ccc(Cl)cc1Cl)C1C(=O)N(c2ccc(C)c(C)c2)N=C1C. The summed E-state index contributed by atoms with van der Waals surface area (Å²) >= 11 is 13.0. The fourth-order valence-corrected chi connectivity index (χ4v) is 5.93. The molecule has 2 heterocycles. The second kappa shape index (κ2) is 10.2. The fraction of sp³-hybridized carbons (Fsp3) is 0.290. The second-order valence-corrected chi connectivity index (χ2v) is 11.3. The molecule has 3 aromatic rings. The molecule has 0 saturated carbocycles. The van der Waals surface area contributed by atoms with E-state index in [-0.39, 0.29) is 11.8 Å². The minimum absolute atomic E-state index is 0.211. The van der Waals surface area contributed by atoms with Crippen LogP contribution in [-0.4, -0.2) is 23.2 Å². The van der Waals surface area contributed by atoms with Crippen molar-refractivity contribution in [2.24, 2.45) is 22.0 Å². The van der Waals surface area contributed by atoms with E-state index in [9.17, 15) is 9.59 Å². The Kier molecular flexibility index (Phi) is 7.12. The molecule has 2 atom stereocenters. The monoisotopic (exact) mass is 560 g/mol. The summed E-state index contributed by atoms with van der Waals surface area (Å²) in [5.74, 6) is -2.49. The first-order chi connectivity index (χ1) is 18.5. The maximum Gasteiger partial charge on any atom is 0.256 e. The lowest BCUT2D eigenvalue weighted by Gasteiger charge is -2.29. The molecule has 0 N–H and O–H groups in total. The predicted molar refractivity (Wildman–Crippen MR) is 159 cm³/mol. The summed E-state index contributed by atoms with van der Waals surface area (Å²) in [6.45, 7) is 11.7. The molecule has 0 spiro atoms. The van der Waals surface area contributed by atoms with Gasteiger partial charge in [-0.1, -0.05) is 41.4 Å². The number of anilines is 2. The molecule has 200 valence electrons. The zero-order chi connectivity index (χ0) is 28.2. The molecule has 5 rings (SSSR count). The van der Waals surface area contributed by atoms with Crippen LogP contribution in [0.25, 0.3) is 0 Å². The number of carbonyl (C=O) groups is 2. The Morgan fingerprint density at radius 3 is 1.51 bits per heavy atom. The molecule has 8 heteroatoms.